The first kappa shape index (κ1) is 20.3. The van der Waals surface area contributed by atoms with Gasteiger partial charge in [-0.3, -0.25) is 4.79 Å². The van der Waals surface area contributed by atoms with Gasteiger partial charge in [0.1, 0.15) is 17.7 Å². The van der Waals surface area contributed by atoms with E-state index in [4.69, 9.17) is 0 Å². The van der Waals surface area contributed by atoms with Gasteiger partial charge >= 0.3 is 0 Å². The van der Waals surface area contributed by atoms with E-state index in [2.05, 4.69) is 30.6 Å². The third-order valence-corrected chi connectivity index (χ3v) is 5.84. The molecule has 1 aromatic carbocycles. The van der Waals surface area contributed by atoms with Gasteiger partial charge in [0.2, 0.25) is 11.9 Å². The Balaban J connectivity index is 1.38. The quantitative estimate of drug-likeness (QED) is 0.494. The molecule has 0 radical (unpaired) electrons. The lowest BCUT2D eigenvalue weighted by Gasteiger charge is -2.31. The standard InChI is InChI=1S/C21H22F2N8O/c1-12(32)30-6-4-14(5-7-30)26-21-25-10-16-15(9-24-20(16)27-21)13-2-3-17-18(8-13)31(29-28-17)11-19(22)23/h2-3,8-10,14,19H,4-7,11H2,1H3,(H2,24,25,26,27). The fourth-order valence-corrected chi connectivity index (χ4v) is 4.14. The summed E-state index contributed by atoms with van der Waals surface area (Å²) in [6, 6.07) is 5.65. The lowest BCUT2D eigenvalue weighted by atomic mass is 10.1. The highest BCUT2D eigenvalue weighted by molar-refractivity contribution is 5.95. The molecule has 1 amide bonds. The number of aromatic amines is 1. The second-order valence-corrected chi connectivity index (χ2v) is 7.95. The number of nitrogens with zero attached hydrogens (tertiary/aromatic N) is 6. The Morgan fingerprint density at radius 3 is 2.88 bits per heavy atom. The minimum absolute atomic E-state index is 0.103. The number of amides is 1. The molecule has 4 heterocycles. The van der Waals surface area contributed by atoms with Gasteiger partial charge in [0.25, 0.3) is 6.43 Å². The molecule has 9 nitrogen and oxygen atoms in total. The van der Waals surface area contributed by atoms with Crippen molar-refractivity contribution in [1.82, 2.24) is 34.8 Å². The Morgan fingerprint density at radius 1 is 1.31 bits per heavy atom. The molecule has 0 aliphatic carbocycles. The predicted molar refractivity (Wildman–Crippen MR) is 115 cm³/mol. The smallest absolute Gasteiger partial charge is 0.258 e. The fraction of sp³-hybridized carbons (Fsp3) is 0.381. The van der Waals surface area contributed by atoms with E-state index in [0.717, 1.165) is 42.4 Å². The molecule has 0 atom stereocenters. The number of alkyl halides is 2. The number of H-pyrrole nitrogens is 1. The van der Waals surface area contributed by atoms with E-state index >= 15 is 0 Å². The maximum atomic E-state index is 12.8. The predicted octanol–water partition coefficient (Wildman–Crippen LogP) is 3.06. The number of aromatic nitrogens is 6. The van der Waals surface area contributed by atoms with Gasteiger partial charge in [-0.2, -0.15) is 4.98 Å². The van der Waals surface area contributed by atoms with Gasteiger partial charge < -0.3 is 15.2 Å². The van der Waals surface area contributed by atoms with Crippen molar-refractivity contribution in [3.05, 3.63) is 30.6 Å². The highest BCUT2D eigenvalue weighted by atomic mass is 19.3. The molecule has 0 spiro atoms. The van der Waals surface area contributed by atoms with Crippen molar-refractivity contribution in [3.8, 4) is 11.1 Å². The first-order valence-electron chi connectivity index (χ1n) is 10.5. The molecule has 1 fully saturated rings. The van der Waals surface area contributed by atoms with Crippen molar-refractivity contribution in [2.24, 2.45) is 0 Å². The van der Waals surface area contributed by atoms with Crippen LogP contribution >= 0.6 is 0 Å². The molecule has 2 N–H and O–H groups in total. The zero-order chi connectivity index (χ0) is 22.2. The number of rotatable bonds is 5. The summed E-state index contributed by atoms with van der Waals surface area (Å²) in [7, 11) is 0. The second kappa shape index (κ2) is 8.13. The zero-order valence-electron chi connectivity index (χ0n) is 17.4. The molecule has 0 bridgehead atoms. The third-order valence-electron chi connectivity index (χ3n) is 5.84. The van der Waals surface area contributed by atoms with Crippen LogP contribution in [0, 0.1) is 0 Å². The van der Waals surface area contributed by atoms with E-state index in [9.17, 15) is 13.6 Å². The number of hydrogen-bond acceptors (Lipinski definition) is 6. The monoisotopic (exact) mass is 440 g/mol. The van der Waals surface area contributed by atoms with Crippen molar-refractivity contribution in [3.63, 3.8) is 0 Å². The number of carbonyl (C=O) groups excluding carboxylic acids is 1. The number of halogens is 2. The highest BCUT2D eigenvalue weighted by Crippen LogP contribution is 2.30. The summed E-state index contributed by atoms with van der Waals surface area (Å²) in [5.74, 6) is 0.632. The van der Waals surface area contributed by atoms with E-state index in [1.807, 2.05) is 17.2 Å². The molecule has 11 heteroatoms. The summed E-state index contributed by atoms with van der Waals surface area (Å²) >= 11 is 0. The van der Waals surface area contributed by atoms with Crippen molar-refractivity contribution < 1.29 is 13.6 Å². The second-order valence-electron chi connectivity index (χ2n) is 7.95. The van der Waals surface area contributed by atoms with Gasteiger partial charge in [-0.1, -0.05) is 11.3 Å². The van der Waals surface area contributed by atoms with E-state index < -0.39 is 13.0 Å². The Morgan fingerprint density at radius 2 is 2.12 bits per heavy atom. The lowest BCUT2D eigenvalue weighted by Crippen LogP contribution is -2.41. The molecule has 4 aromatic rings. The first-order chi connectivity index (χ1) is 15.5. The number of carbonyl (C=O) groups is 1. The fourth-order valence-electron chi connectivity index (χ4n) is 4.14. The van der Waals surface area contributed by atoms with Crippen LogP contribution in [0.3, 0.4) is 0 Å². The Kier molecular flexibility index (Phi) is 5.16. The Bertz CT molecular complexity index is 1280. The minimum atomic E-state index is -2.51. The van der Waals surface area contributed by atoms with Crippen LogP contribution in [0.25, 0.3) is 33.2 Å². The van der Waals surface area contributed by atoms with Crippen LogP contribution in [0.2, 0.25) is 0 Å². The molecule has 1 aliphatic heterocycles. The van der Waals surface area contributed by atoms with Crippen LogP contribution in [0.1, 0.15) is 19.8 Å². The number of piperidine rings is 1. The zero-order valence-corrected chi connectivity index (χ0v) is 17.4. The molecule has 5 rings (SSSR count). The molecule has 166 valence electrons. The van der Waals surface area contributed by atoms with Crippen molar-refractivity contribution in [2.75, 3.05) is 18.4 Å². The van der Waals surface area contributed by atoms with Crippen LogP contribution in [-0.4, -0.2) is 66.3 Å². The molecule has 0 unspecified atom stereocenters. The Labute approximate surface area is 181 Å². The normalized spacial score (nSPS) is 15.2. The van der Waals surface area contributed by atoms with Crippen LogP contribution in [-0.2, 0) is 11.3 Å². The van der Waals surface area contributed by atoms with Gasteiger partial charge in [-0.25, -0.2) is 18.4 Å². The van der Waals surface area contributed by atoms with Gasteiger partial charge in [0.05, 0.1) is 5.52 Å². The van der Waals surface area contributed by atoms with E-state index in [1.54, 1.807) is 25.3 Å². The molecule has 1 saturated heterocycles. The van der Waals surface area contributed by atoms with Crippen LogP contribution in [0.15, 0.2) is 30.6 Å². The topological polar surface area (TPSA) is 105 Å². The van der Waals surface area contributed by atoms with E-state index in [1.165, 1.54) is 4.68 Å². The van der Waals surface area contributed by atoms with Crippen molar-refractivity contribution in [1.29, 1.82) is 0 Å². The molecule has 3 aromatic heterocycles. The van der Waals surface area contributed by atoms with Gasteiger partial charge in [0, 0.05) is 49.4 Å². The minimum Gasteiger partial charge on any atom is -0.351 e. The number of hydrogen-bond donors (Lipinski definition) is 2. The van der Waals surface area contributed by atoms with Crippen LogP contribution in [0.5, 0.6) is 0 Å². The van der Waals surface area contributed by atoms with E-state index in [0.29, 0.717) is 22.6 Å². The lowest BCUT2D eigenvalue weighted by molar-refractivity contribution is -0.129. The van der Waals surface area contributed by atoms with Crippen molar-refractivity contribution >= 4 is 33.9 Å². The van der Waals surface area contributed by atoms with Gasteiger partial charge in [-0.15, -0.1) is 5.10 Å². The van der Waals surface area contributed by atoms with Gasteiger partial charge in [0.15, 0.2) is 0 Å². The number of anilines is 1. The largest absolute Gasteiger partial charge is 0.351 e. The Hall–Kier alpha value is -3.63. The molecular formula is C21H22F2N8O. The van der Waals surface area contributed by atoms with E-state index in [-0.39, 0.29) is 11.9 Å². The summed E-state index contributed by atoms with van der Waals surface area (Å²) < 4.78 is 26.9. The molecule has 1 aliphatic rings. The maximum absolute atomic E-state index is 12.8. The first-order valence-corrected chi connectivity index (χ1v) is 10.5. The summed E-state index contributed by atoms with van der Waals surface area (Å²) in [4.78, 5) is 25.6. The number of fused-ring (bicyclic) bond motifs is 2. The van der Waals surface area contributed by atoms with Gasteiger partial charge in [-0.05, 0) is 30.5 Å². The van der Waals surface area contributed by atoms with Crippen LogP contribution in [0.4, 0.5) is 14.7 Å². The summed E-state index contributed by atoms with van der Waals surface area (Å²) in [6.07, 6.45) is 2.76. The van der Waals surface area contributed by atoms with Crippen molar-refractivity contribution in [2.45, 2.75) is 38.8 Å². The average Bonchev–Trinajstić information content (AvgIpc) is 3.37. The molecule has 0 saturated carbocycles. The number of likely N-dealkylation sites (tertiary alicyclic amines) is 1. The summed E-state index contributed by atoms with van der Waals surface area (Å²) in [6.45, 7) is 2.54. The number of benzene rings is 1. The molecular weight excluding hydrogens is 418 g/mol. The summed E-state index contributed by atoms with van der Waals surface area (Å²) in [5.41, 5.74) is 3.49. The SMILES string of the molecule is CC(=O)N1CCC(Nc2ncc3c(-c4ccc5nnn(CC(F)F)c5c4)c[nH]c3n2)CC1. The average molecular weight is 440 g/mol. The summed E-state index contributed by atoms with van der Waals surface area (Å²) in [5, 5.41) is 12.0. The molecule has 32 heavy (non-hydrogen) atoms. The number of nitrogens with one attached hydrogen (secondary N) is 2. The third kappa shape index (κ3) is 3.85. The van der Waals surface area contributed by atoms with Crippen LogP contribution < -0.4 is 5.32 Å². The maximum Gasteiger partial charge on any atom is 0.258 e. The highest BCUT2D eigenvalue weighted by Gasteiger charge is 2.21.